The lowest BCUT2D eigenvalue weighted by molar-refractivity contribution is -0.192. The standard InChI is InChI=1S/C20H30N2O3.C2HF3O2/c1-2-24-15-18-5-7-20(22(18)13-16-3-4-16)8-10-21(11-9-20)19(23)17-6-12-25-14-17;3-2(4,5)1(6)7/h6,12,14,16,18H,2-5,7-11,13,15H2,1H3;(H,6,7). The van der Waals surface area contributed by atoms with E-state index in [1.165, 1.54) is 32.2 Å². The van der Waals surface area contributed by atoms with E-state index in [2.05, 4.69) is 11.8 Å². The van der Waals surface area contributed by atoms with E-state index in [1.54, 1.807) is 18.6 Å². The number of hydrogen-bond donors (Lipinski definition) is 1. The van der Waals surface area contributed by atoms with Crippen molar-refractivity contribution in [1.82, 2.24) is 9.80 Å². The van der Waals surface area contributed by atoms with Crippen LogP contribution in [0, 0.1) is 5.92 Å². The molecule has 0 radical (unpaired) electrons. The number of halogens is 3. The molecule has 3 aliphatic rings. The number of ether oxygens (including phenoxy) is 1. The van der Waals surface area contributed by atoms with E-state index in [-0.39, 0.29) is 11.4 Å². The van der Waals surface area contributed by atoms with Crippen LogP contribution < -0.4 is 0 Å². The fraction of sp³-hybridized carbons (Fsp3) is 0.727. The van der Waals surface area contributed by atoms with E-state index in [9.17, 15) is 18.0 Å². The van der Waals surface area contributed by atoms with E-state index in [0.29, 0.717) is 11.6 Å². The number of carbonyl (C=O) groups excluding carboxylic acids is 1. The number of rotatable bonds is 6. The molecule has 2 saturated heterocycles. The third-order valence-electron chi connectivity index (χ3n) is 6.65. The third-order valence-corrected chi connectivity index (χ3v) is 6.65. The summed E-state index contributed by atoms with van der Waals surface area (Å²) in [6.45, 7) is 6.68. The predicted molar refractivity (Wildman–Crippen MR) is 109 cm³/mol. The Kier molecular flexibility index (Phi) is 7.87. The summed E-state index contributed by atoms with van der Waals surface area (Å²) >= 11 is 0. The number of alkyl halides is 3. The zero-order valence-corrected chi connectivity index (χ0v) is 18.3. The highest BCUT2D eigenvalue weighted by atomic mass is 19.4. The molecule has 3 heterocycles. The topological polar surface area (TPSA) is 83.2 Å². The Morgan fingerprint density at radius 2 is 1.88 bits per heavy atom. The van der Waals surface area contributed by atoms with Crippen LogP contribution in [-0.4, -0.2) is 77.4 Å². The second-order valence-corrected chi connectivity index (χ2v) is 8.78. The largest absolute Gasteiger partial charge is 0.490 e. The van der Waals surface area contributed by atoms with Crippen LogP contribution in [0.3, 0.4) is 0 Å². The molecule has 1 aliphatic carbocycles. The molecule has 4 rings (SSSR count). The normalized spacial score (nSPS) is 23.1. The van der Waals surface area contributed by atoms with Crippen molar-refractivity contribution in [2.75, 3.05) is 32.8 Å². The highest BCUT2D eigenvalue weighted by Gasteiger charge is 2.49. The van der Waals surface area contributed by atoms with Gasteiger partial charge in [0.05, 0.1) is 18.4 Å². The van der Waals surface area contributed by atoms with Gasteiger partial charge in [0.1, 0.15) is 6.26 Å². The minimum Gasteiger partial charge on any atom is -0.475 e. The first-order valence-corrected chi connectivity index (χ1v) is 11.1. The molecule has 32 heavy (non-hydrogen) atoms. The van der Waals surface area contributed by atoms with Crippen LogP contribution in [0.1, 0.15) is 55.8 Å². The van der Waals surface area contributed by atoms with Gasteiger partial charge in [0, 0.05) is 37.8 Å². The number of carboxylic acid groups (broad SMARTS) is 1. The maximum Gasteiger partial charge on any atom is 0.490 e. The van der Waals surface area contributed by atoms with Gasteiger partial charge >= 0.3 is 12.1 Å². The predicted octanol–water partition coefficient (Wildman–Crippen LogP) is 3.80. The number of carbonyl (C=O) groups is 2. The van der Waals surface area contributed by atoms with Gasteiger partial charge in [0.2, 0.25) is 0 Å². The van der Waals surface area contributed by atoms with Crippen LogP contribution >= 0.6 is 0 Å². The Bertz CT molecular complexity index is 756. The maximum absolute atomic E-state index is 12.6. The molecule has 3 fully saturated rings. The van der Waals surface area contributed by atoms with Gasteiger partial charge < -0.3 is 19.2 Å². The molecule has 1 saturated carbocycles. The summed E-state index contributed by atoms with van der Waals surface area (Å²) in [5.41, 5.74) is 0.962. The Labute approximate surface area is 185 Å². The monoisotopic (exact) mass is 460 g/mol. The van der Waals surface area contributed by atoms with Crippen LogP contribution in [0.5, 0.6) is 0 Å². The first-order valence-electron chi connectivity index (χ1n) is 11.1. The molecule has 1 spiro atoms. The molecule has 1 unspecified atom stereocenters. The van der Waals surface area contributed by atoms with Crippen LogP contribution in [0.15, 0.2) is 23.0 Å². The number of likely N-dealkylation sites (tertiary alicyclic amines) is 2. The molecular weight excluding hydrogens is 429 g/mol. The number of amides is 1. The summed E-state index contributed by atoms with van der Waals surface area (Å²) < 4.78 is 42.6. The van der Waals surface area contributed by atoms with Gasteiger partial charge in [-0.1, -0.05) is 0 Å². The first kappa shape index (κ1) is 24.6. The molecule has 1 N–H and O–H groups in total. The van der Waals surface area contributed by atoms with Gasteiger partial charge in [-0.25, -0.2) is 4.79 Å². The summed E-state index contributed by atoms with van der Waals surface area (Å²) in [4.78, 5) is 26.2. The van der Waals surface area contributed by atoms with E-state index < -0.39 is 12.1 Å². The summed E-state index contributed by atoms with van der Waals surface area (Å²) in [5, 5.41) is 7.12. The van der Waals surface area contributed by atoms with E-state index in [1.807, 2.05) is 4.90 Å². The SMILES string of the molecule is CCOCC1CCC2(CCN(C(=O)c3ccoc3)CC2)N1CC1CC1.O=C(O)C(F)(F)F. The smallest absolute Gasteiger partial charge is 0.475 e. The highest BCUT2D eigenvalue weighted by molar-refractivity contribution is 5.93. The Hall–Kier alpha value is -2.07. The zero-order valence-electron chi connectivity index (χ0n) is 18.3. The maximum atomic E-state index is 12.6. The Morgan fingerprint density at radius 3 is 2.38 bits per heavy atom. The molecule has 10 heteroatoms. The van der Waals surface area contributed by atoms with Crippen molar-refractivity contribution in [3.63, 3.8) is 0 Å². The second kappa shape index (κ2) is 10.2. The minimum atomic E-state index is -5.08. The van der Waals surface area contributed by atoms with Gasteiger partial charge in [0.25, 0.3) is 5.91 Å². The summed E-state index contributed by atoms with van der Waals surface area (Å²) in [5.74, 6) is -1.75. The molecule has 0 bridgehead atoms. The van der Waals surface area contributed by atoms with Crippen molar-refractivity contribution in [3.8, 4) is 0 Å². The van der Waals surface area contributed by atoms with Gasteiger partial charge in [0.15, 0.2) is 0 Å². The average Bonchev–Trinajstić information content (AvgIpc) is 3.29. The zero-order chi connectivity index (χ0) is 23.4. The number of carboxylic acids is 1. The second-order valence-electron chi connectivity index (χ2n) is 8.78. The Morgan fingerprint density at radius 1 is 1.22 bits per heavy atom. The lowest BCUT2D eigenvalue weighted by Gasteiger charge is -2.46. The minimum absolute atomic E-state index is 0.112. The Balaban J connectivity index is 0.000000360. The third kappa shape index (κ3) is 6.04. The molecular formula is C22H31F3N2O5. The quantitative estimate of drug-likeness (QED) is 0.695. The summed E-state index contributed by atoms with van der Waals surface area (Å²) in [6, 6.07) is 2.33. The van der Waals surface area contributed by atoms with Crippen LogP contribution in [0.4, 0.5) is 13.2 Å². The van der Waals surface area contributed by atoms with Crippen LogP contribution in [-0.2, 0) is 9.53 Å². The summed E-state index contributed by atoms with van der Waals surface area (Å²) in [6.07, 6.45) is 5.49. The number of furan rings is 1. The number of nitrogens with zero attached hydrogens (tertiary/aromatic N) is 2. The molecule has 1 amide bonds. The number of hydrogen-bond acceptors (Lipinski definition) is 5. The van der Waals surface area contributed by atoms with Crippen molar-refractivity contribution in [2.24, 2.45) is 5.92 Å². The highest BCUT2D eigenvalue weighted by Crippen LogP contribution is 2.44. The van der Waals surface area contributed by atoms with E-state index in [4.69, 9.17) is 19.1 Å². The van der Waals surface area contributed by atoms with E-state index >= 15 is 0 Å². The van der Waals surface area contributed by atoms with Gasteiger partial charge in [-0.2, -0.15) is 13.2 Å². The van der Waals surface area contributed by atoms with E-state index in [0.717, 1.165) is 45.1 Å². The first-order chi connectivity index (χ1) is 15.2. The lowest BCUT2D eigenvalue weighted by Crippen LogP contribution is -2.56. The average molecular weight is 460 g/mol. The fourth-order valence-electron chi connectivity index (χ4n) is 4.70. The van der Waals surface area contributed by atoms with Crippen LogP contribution in [0.25, 0.3) is 0 Å². The van der Waals surface area contributed by atoms with Crippen molar-refractivity contribution >= 4 is 11.9 Å². The fourth-order valence-corrected chi connectivity index (χ4v) is 4.70. The number of piperidine rings is 1. The van der Waals surface area contributed by atoms with Gasteiger partial charge in [-0.05, 0) is 57.4 Å². The molecule has 180 valence electrons. The van der Waals surface area contributed by atoms with Crippen LogP contribution in [0.2, 0.25) is 0 Å². The number of aliphatic carboxylic acids is 1. The molecule has 0 aromatic carbocycles. The molecule has 1 atom stereocenters. The molecule has 1 aromatic heterocycles. The summed E-state index contributed by atoms with van der Waals surface area (Å²) in [7, 11) is 0. The van der Waals surface area contributed by atoms with Gasteiger partial charge in [-0.15, -0.1) is 0 Å². The van der Waals surface area contributed by atoms with Crippen molar-refractivity contribution in [3.05, 3.63) is 24.2 Å². The van der Waals surface area contributed by atoms with Crippen molar-refractivity contribution in [2.45, 2.75) is 63.2 Å². The molecule has 2 aliphatic heterocycles. The van der Waals surface area contributed by atoms with Crippen molar-refractivity contribution < 1.29 is 37.0 Å². The van der Waals surface area contributed by atoms with Gasteiger partial charge in [-0.3, -0.25) is 9.69 Å². The van der Waals surface area contributed by atoms with Crippen molar-refractivity contribution in [1.29, 1.82) is 0 Å². The lowest BCUT2D eigenvalue weighted by atomic mass is 9.84. The molecule has 1 aromatic rings. The molecule has 7 nitrogen and oxygen atoms in total.